The standard InChI is InChI=1S/C11H16/c1-11-8-4-2-6-10(11)7-3-5-9-11/h2,6-7H,3-5,8-9H2,1H3/t11-/m1/s1. The molecule has 2 rings (SSSR count). The predicted molar refractivity (Wildman–Crippen MR) is 48.4 cm³/mol. The van der Waals surface area contributed by atoms with Crippen LogP contribution in [0.1, 0.15) is 39.0 Å². The van der Waals surface area contributed by atoms with E-state index in [-0.39, 0.29) is 0 Å². The summed E-state index contributed by atoms with van der Waals surface area (Å²) in [5.41, 5.74) is 2.16. The van der Waals surface area contributed by atoms with Crippen molar-refractivity contribution in [2.75, 3.05) is 0 Å². The van der Waals surface area contributed by atoms with E-state index >= 15 is 0 Å². The molecule has 2 aliphatic carbocycles. The Hall–Kier alpha value is -0.520. The van der Waals surface area contributed by atoms with Gasteiger partial charge in [0.15, 0.2) is 0 Å². The highest BCUT2D eigenvalue weighted by Crippen LogP contribution is 2.43. The van der Waals surface area contributed by atoms with Gasteiger partial charge in [-0.1, -0.05) is 25.2 Å². The lowest BCUT2D eigenvalue weighted by atomic mass is 9.69. The highest BCUT2D eigenvalue weighted by molar-refractivity contribution is 5.30. The van der Waals surface area contributed by atoms with Crippen molar-refractivity contribution >= 4 is 0 Å². The van der Waals surface area contributed by atoms with E-state index in [9.17, 15) is 0 Å². The molecule has 0 bridgehead atoms. The molecule has 0 aromatic heterocycles. The molecule has 60 valence electrons. The van der Waals surface area contributed by atoms with Crippen LogP contribution in [0.4, 0.5) is 0 Å². The van der Waals surface area contributed by atoms with Crippen molar-refractivity contribution in [2.24, 2.45) is 5.41 Å². The largest absolute Gasteiger partial charge is 0.0842 e. The van der Waals surface area contributed by atoms with Crippen molar-refractivity contribution in [1.82, 2.24) is 0 Å². The first-order chi connectivity index (χ1) is 5.31. The third-order valence-corrected chi connectivity index (χ3v) is 3.15. The topological polar surface area (TPSA) is 0 Å². The molecule has 0 fully saturated rings. The molecule has 0 amide bonds. The number of rotatable bonds is 0. The molecule has 2 aliphatic rings. The summed E-state index contributed by atoms with van der Waals surface area (Å²) >= 11 is 0. The Kier molecular flexibility index (Phi) is 1.63. The van der Waals surface area contributed by atoms with E-state index in [1.807, 2.05) is 0 Å². The van der Waals surface area contributed by atoms with E-state index in [1.165, 1.54) is 32.1 Å². The third-order valence-electron chi connectivity index (χ3n) is 3.15. The van der Waals surface area contributed by atoms with Gasteiger partial charge in [-0.25, -0.2) is 0 Å². The van der Waals surface area contributed by atoms with Gasteiger partial charge in [-0.05, 0) is 43.1 Å². The zero-order chi connectivity index (χ0) is 7.73. The van der Waals surface area contributed by atoms with Crippen LogP contribution in [0.25, 0.3) is 0 Å². The summed E-state index contributed by atoms with van der Waals surface area (Å²) in [7, 11) is 0. The minimum atomic E-state index is 0.549. The maximum Gasteiger partial charge on any atom is -0.00755 e. The maximum atomic E-state index is 2.43. The van der Waals surface area contributed by atoms with Gasteiger partial charge in [-0.2, -0.15) is 0 Å². The van der Waals surface area contributed by atoms with Gasteiger partial charge in [0.25, 0.3) is 0 Å². The molecule has 0 N–H and O–H groups in total. The number of hydrogen-bond donors (Lipinski definition) is 0. The second-order valence-electron chi connectivity index (χ2n) is 4.05. The summed E-state index contributed by atoms with van der Waals surface area (Å²) in [6, 6.07) is 0. The van der Waals surface area contributed by atoms with E-state index in [1.54, 1.807) is 5.57 Å². The molecule has 0 aromatic carbocycles. The van der Waals surface area contributed by atoms with Crippen LogP contribution in [0.2, 0.25) is 0 Å². The van der Waals surface area contributed by atoms with E-state index < -0.39 is 0 Å². The number of fused-ring (bicyclic) bond motifs is 1. The van der Waals surface area contributed by atoms with Crippen LogP contribution in [0.15, 0.2) is 23.8 Å². The highest BCUT2D eigenvalue weighted by atomic mass is 14.3. The second-order valence-corrected chi connectivity index (χ2v) is 4.05. The van der Waals surface area contributed by atoms with Crippen molar-refractivity contribution in [1.29, 1.82) is 0 Å². The monoisotopic (exact) mass is 148 g/mol. The van der Waals surface area contributed by atoms with Crippen LogP contribution in [0.3, 0.4) is 0 Å². The van der Waals surface area contributed by atoms with Crippen molar-refractivity contribution in [3.05, 3.63) is 23.8 Å². The molecule has 11 heavy (non-hydrogen) atoms. The molecule has 0 saturated heterocycles. The lowest BCUT2D eigenvalue weighted by Crippen LogP contribution is -2.22. The molecule has 0 heteroatoms. The highest BCUT2D eigenvalue weighted by Gasteiger charge is 2.30. The van der Waals surface area contributed by atoms with Crippen LogP contribution >= 0.6 is 0 Å². The molecule has 0 spiro atoms. The number of allylic oxidation sites excluding steroid dienone is 4. The minimum Gasteiger partial charge on any atom is -0.0842 e. The quantitative estimate of drug-likeness (QED) is 0.493. The smallest absolute Gasteiger partial charge is 0.00755 e. The van der Waals surface area contributed by atoms with Gasteiger partial charge in [-0.3, -0.25) is 0 Å². The number of hydrogen-bond acceptors (Lipinski definition) is 0. The molecular formula is C11H16. The lowest BCUT2D eigenvalue weighted by Gasteiger charge is -2.36. The fourth-order valence-corrected chi connectivity index (χ4v) is 2.29. The zero-order valence-electron chi connectivity index (χ0n) is 7.27. The Morgan fingerprint density at radius 3 is 3.00 bits per heavy atom. The first kappa shape index (κ1) is 7.15. The van der Waals surface area contributed by atoms with Crippen LogP contribution in [0.5, 0.6) is 0 Å². The van der Waals surface area contributed by atoms with Crippen molar-refractivity contribution in [3.8, 4) is 0 Å². The molecule has 0 heterocycles. The fourth-order valence-electron chi connectivity index (χ4n) is 2.29. The van der Waals surface area contributed by atoms with Crippen molar-refractivity contribution < 1.29 is 0 Å². The molecule has 0 nitrogen and oxygen atoms in total. The van der Waals surface area contributed by atoms with Crippen LogP contribution in [0, 0.1) is 5.41 Å². The summed E-state index contributed by atoms with van der Waals surface area (Å²) in [4.78, 5) is 0. The average Bonchev–Trinajstić information content (AvgIpc) is 2.03. The first-order valence-corrected chi connectivity index (χ1v) is 4.68. The summed E-state index contributed by atoms with van der Waals surface area (Å²) in [6.45, 7) is 2.42. The van der Waals surface area contributed by atoms with Gasteiger partial charge in [-0.15, -0.1) is 0 Å². The summed E-state index contributed by atoms with van der Waals surface area (Å²) in [5, 5.41) is 0. The first-order valence-electron chi connectivity index (χ1n) is 4.68. The average molecular weight is 148 g/mol. The summed E-state index contributed by atoms with van der Waals surface area (Å²) in [5.74, 6) is 0. The van der Waals surface area contributed by atoms with Crippen LogP contribution < -0.4 is 0 Å². The van der Waals surface area contributed by atoms with Crippen LogP contribution in [-0.2, 0) is 0 Å². The SMILES string of the molecule is C[C@]12CCC=CC1=CCCC2. The molecule has 0 saturated carbocycles. The molecule has 0 aliphatic heterocycles. The Bertz CT molecular complexity index is 210. The molecule has 0 unspecified atom stereocenters. The third kappa shape index (κ3) is 1.15. The normalized spacial score (nSPS) is 36.3. The second kappa shape index (κ2) is 2.51. The summed E-state index contributed by atoms with van der Waals surface area (Å²) in [6.07, 6.45) is 13.8. The lowest BCUT2D eigenvalue weighted by molar-refractivity contribution is 0.315. The maximum absolute atomic E-state index is 2.43. The van der Waals surface area contributed by atoms with Gasteiger partial charge >= 0.3 is 0 Å². The Morgan fingerprint density at radius 2 is 2.18 bits per heavy atom. The van der Waals surface area contributed by atoms with Gasteiger partial charge < -0.3 is 0 Å². The van der Waals surface area contributed by atoms with E-state index in [0.29, 0.717) is 5.41 Å². The Labute approximate surface area is 69.0 Å². The van der Waals surface area contributed by atoms with E-state index in [2.05, 4.69) is 25.2 Å². The molecule has 1 atom stereocenters. The molecular weight excluding hydrogens is 132 g/mol. The summed E-state index contributed by atoms with van der Waals surface area (Å²) < 4.78 is 0. The molecule has 0 aromatic rings. The molecule has 0 radical (unpaired) electrons. The van der Waals surface area contributed by atoms with Gasteiger partial charge in [0.2, 0.25) is 0 Å². The van der Waals surface area contributed by atoms with Crippen molar-refractivity contribution in [2.45, 2.75) is 39.0 Å². The van der Waals surface area contributed by atoms with E-state index in [0.717, 1.165) is 0 Å². The Morgan fingerprint density at radius 1 is 1.27 bits per heavy atom. The van der Waals surface area contributed by atoms with Gasteiger partial charge in [0.1, 0.15) is 0 Å². The van der Waals surface area contributed by atoms with Crippen molar-refractivity contribution in [3.63, 3.8) is 0 Å². The van der Waals surface area contributed by atoms with E-state index in [4.69, 9.17) is 0 Å². The predicted octanol–water partition coefficient (Wildman–Crippen LogP) is 3.45. The van der Waals surface area contributed by atoms with Gasteiger partial charge in [0, 0.05) is 0 Å². The van der Waals surface area contributed by atoms with Gasteiger partial charge in [0.05, 0.1) is 0 Å². The fraction of sp³-hybridized carbons (Fsp3) is 0.636. The Balaban J connectivity index is 2.33. The minimum absolute atomic E-state index is 0.549. The zero-order valence-corrected chi connectivity index (χ0v) is 7.27. The van der Waals surface area contributed by atoms with Crippen LogP contribution in [-0.4, -0.2) is 0 Å².